The van der Waals surface area contributed by atoms with Gasteiger partial charge in [-0.05, 0) is 37.6 Å². The van der Waals surface area contributed by atoms with Crippen LogP contribution in [0.5, 0.6) is 5.75 Å². The maximum atomic E-state index is 12.1. The number of piperidine rings is 1. The smallest absolute Gasteiger partial charge is 0.170 e. The number of nitrogens with one attached hydrogen (secondary N) is 1. The second-order valence-electron chi connectivity index (χ2n) is 4.07. The van der Waals surface area contributed by atoms with Crippen molar-refractivity contribution < 1.29 is 9.90 Å². The molecule has 0 saturated carbocycles. The molecule has 0 amide bonds. The molecule has 4 heteroatoms. The maximum absolute atomic E-state index is 12.1. The van der Waals surface area contributed by atoms with E-state index in [9.17, 15) is 9.90 Å². The normalized spacial score (nSPS) is 20.7. The van der Waals surface area contributed by atoms with Gasteiger partial charge in [-0.25, -0.2) is 0 Å². The van der Waals surface area contributed by atoms with Crippen LogP contribution >= 0.6 is 11.6 Å². The van der Waals surface area contributed by atoms with Crippen molar-refractivity contribution in [2.45, 2.75) is 12.8 Å². The van der Waals surface area contributed by atoms with Crippen molar-refractivity contribution in [2.75, 3.05) is 13.1 Å². The van der Waals surface area contributed by atoms with Crippen molar-refractivity contribution >= 4 is 17.4 Å². The second-order valence-corrected chi connectivity index (χ2v) is 4.51. The summed E-state index contributed by atoms with van der Waals surface area (Å²) >= 11 is 5.82. The Morgan fingerprint density at radius 2 is 2.31 bits per heavy atom. The third kappa shape index (κ3) is 2.36. The third-order valence-electron chi connectivity index (χ3n) is 2.89. The van der Waals surface area contributed by atoms with Crippen LogP contribution in [0.25, 0.3) is 0 Å². The predicted octanol–water partition coefficient (Wildman–Crippen LogP) is 2.23. The molecule has 0 aliphatic carbocycles. The number of halogens is 1. The molecule has 1 atom stereocenters. The van der Waals surface area contributed by atoms with Gasteiger partial charge in [0.2, 0.25) is 0 Å². The summed E-state index contributed by atoms with van der Waals surface area (Å²) in [4.78, 5) is 12.1. The Bertz CT molecular complexity index is 400. The molecular weight excluding hydrogens is 226 g/mol. The average molecular weight is 240 g/mol. The van der Waals surface area contributed by atoms with Gasteiger partial charge in [0, 0.05) is 17.5 Å². The molecule has 0 radical (unpaired) electrons. The summed E-state index contributed by atoms with van der Waals surface area (Å²) in [6, 6.07) is 4.58. The lowest BCUT2D eigenvalue weighted by Gasteiger charge is -2.21. The van der Waals surface area contributed by atoms with Gasteiger partial charge in [0.05, 0.1) is 5.56 Å². The highest BCUT2D eigenvalue weighted by atomic mass is 35.5. The number of carbonyl (C=O) groups is 1. The number of carbonyl (C=O) groups excluding carboxylic acids is 1. The highest BCUT2D eigenvalue weighted by Crippen LogP contribution is 2.26. The molecule has 1 heterocycles. The minimum absolute atomic E-state index is 0.0139. The lowest BCUT2D eigenvalue weighted by Crippen LogP contribution is -2.34. The van der Waals surface area contributed by atoms with E-state index < -0.39 is 0 Å². The van der Waals surface area contributed by atoms with Gasteiger partial charge in [0.15, 0.2) is 5.78 Å². The number of ketones is 1. The first-order chi connectivity index (χ1) is 7.68. The number of phenols is 1. The monoisotopic (exact) mass is 239 g/mol. The first kappa shape index (κ1) is 11.4. The predicted molar refractivity (Wildman–Crippen MR) is 63.0 cm³/mol. The number of aromatic hydroxyl groups is 1. The first-order valence-corrected chi connectivity index (χ1v) is 5.79. The van der Waals surface area contributed by atoms with Gasteiger partial charge in [0.25, 0.3) is 0 Å². The van der Waals surface area contributed by atoms with Crippen LogP contribution in [-0.2, 0) is 0 Å². The molecule has 16 heavy (non-hydrogen) atoms. The number of rotatable bonds is 2. The molecule has 1 saturated heterocycles. The fraction of sp³-hybridized carbons (Fsp3) is 0.417. The molecule has 1 aliphatic rings. The number of phenolic OH excluding ortho intramolecular Hbond substituents is 1. The van der Waals surface area contributed by atoms with Crippen LogP contribution in [0.4, 0.5) is 0 Å². The molecule has 1 unspecified atom stereocenters. The third-order valence-corrected chi connectivity index (χ3v) is 3.13. The Hall–Kier alpha value is -1.06. The molecule has 3 nitrogen and oxygen atoms in total. The van der Waals surface area contributed by atoms with E-state index in [2.05, 4.69) is 5.32 Å². The zero-order valence-electron chi connectivity index (χ0n) is 8.87. The number of Topliss-reactive ketones (excluding diaryl/α,β-unsaturated/α-hetero) is 1. The summed E-state index contributed by atoms with van der Waals surface area (Å²) in [6.07, 6.45) is 1.87. The van der Waals surface area contributed by atoms with E-state index in [1.54, 1.807) is 6.07 Å². The Labute approximate surface area is 99.4 Å². The van der Waals surface area contributed by atoms with Crippen LogP contribution in [-0.4, -0.2) is 24.0 Å². The average Bonchev–Trinajstić information content (AvgIpc) is 2.32. The van der Waals surface area contributed by atoms with Crippen LogP contribution in [0, 0.1) is 5.92 Å². The van der Waals surface area contributed by atoms with Gasteiger partial charge < -0.3 is 10.4 Å². The van der Waals surface area contributed by atoms with Crippen LogP contribution in [0.1, 0.15) is 23.2 Å². The van der Waals surface area contributed by atoms with E-state index >= 15 is 0 Å². The van der Waals surface area contributed by atoms with Crippen molar-refractivity contribution in [3.8, 4) is 5.75 Å². The minimum atomic E-state index is -0.0434. The van der Waals surface area contributed by atoms with E-state index in [1.165, 1.54) is 12.1 Å². The van der Waals surface area contributed by atoms with E-state index in [1.807, 2.05) is 0 Å². The van der Waals surface area contributed by atoms with E-state index in [4.69, 9.17) is 11.6 Å². The van der Waals surface area contributed by atoms with Gasteiger partial charge in [0.1, 0.15) is 5.75 Å². The molecule has 2 N–H and O–H groups in total. The minimum Gasteiger partial charge on any atom is -0.507 e. The van der Waals surface area contributed by atoms with E-state index in [0.29, 0.717) is 17.1 Å². The standard InChI is InChI=1S/C12H14ClNO2/c13-9-3-4-11(15)10(6-9)12(16)8-2-1-5-14-7-8/h3-4,6,8,14-15H,1-2,5,7H2. The number of hydrogen-bond donors (Lipinski definition) is 2. The summed E-state index contributed by atoms with van der Waals surface area (Å²) in [6.45, 7) is 1.65. The molecule has 2 rings (SSSR count). The molecule has 1 aromatic rings. The summed E-state index contributed by atoms with van der Waals surface area (Å²) in [5.74, 6) is -0.0507. The van der Waals surface area contributed by atoms with Gasteiger partial charge in [-0.15, -0.1) is 0 Å². The summed E-state index contributed by atoms with van der Waals surface area (Å²) < 4.78 is 0. The number of hydrogen-bond acceptors (Lipinski definition) is 3. The maximum Gasteiger partial charge on any atom is 0.170 e. The zero-order chi connectivity index (χ0) is 11.5. The van der Waals surface area contributed by atoms with Crippen LogP contribution in [0.15, 0.2) is 18.2 Å². The molecular formula is C12H14ClNO2. The van der Waals surface area contributed by atoms with Gasteiger partial charge in [-0.1, -0.05) is 11.6 Å². The van der Waals surface area contributed by atoms with Crippen molar-refractivity contribution in [1.82, 2.24) is 5.32 Å². The Kier molecular flexibility index (Phi) is 3.46. The molecule has 0 bridgehead atoms. The highest BCUT2D eigenvalue weighted by Gasteiger charge is 2.24. The van der Waals surface area contributed by atoms with Gasteiger partial charge >= 0.3 is 0 Å². The summed E-state index contributed by atoms with van der Waals surface area (Å²) in [5.41, 5.74) is 0.334. The largest absolute Gasteiger partial charge is 0.507 e. The van der Waals surface area contributed by atoms with Crippen LogP contribution in [0.2, 0.25) is 5.02 Å². The van der Waals surface area contributed by atoms with Crippen LogP contribution in [0.3, 0.4) is 0 Å². The molecule has 86 valence electrons. The second kappa shape index (κ2) is 4.85. The van der Waals surface area contributed by atoms with Crippen LogP contribution < -0.4 is 5.32 Å². The highest BCUT2D eigenvalue weighted by molar-refractivity contribution is 6.31. The summed E-state index contributed by atoms with van der Waals surface area (Å²) in [5, 5.41) is 13.3. The lowest BCUT2D eigenvalue weighted by atomic mass is 9.90. The molecule has 0 aromatic heterocycles. The fourth-order valence-electron chi connectivity index (χ4n) is 2.00. The molecule has 0 spiro atoms. The summed E-state index contributed by atoms with van der Waals surface area (Å²) in [7, 11) is 0. The Balaban J connectivity index is 2.22. The quantitative estimate of drug-likeness (QED) is 0.779. The Morgan fingerprint density at radius 1 is 1.50 bits per heavy atom. The van der Waals surface area contributed by atoms with Gasteiger partial charge in [-0.3, -0.25) is 4.79 Å². The Morgan fingerprint density at radius 3 is 3.00 bits per heavy atom. The topological polar surface area (TPSA) is 49.3 Å². The van der Waals surface area contributed by atoms with E-state index in [0.717, 1.165) is 19.4 Å². The molecule has 1 aromatic carbocycles. The lowest BCUT2D eigenvalue weighted by molar-refractivity contribution is 0.0897. The molecule has 1 fully saturated rings. The van der Waals surface area contributed by atoms with Crippen molar-refractivity contribution in [1.29, 1.82) is 0 Å². The SMILES string of the molecule is O=C(c1cc(Cl)ccc1O)C1CCCNC1. The van der Waals surface area contributed by atoms with Crippen molar-refractivity contribution in [3.63, 3.8) is 0 Å². The first-order valence-electron chi connectivity index (χ1n) is 5.42. The van der Waals surface area contributed by atoms with Gasteiger partial charge in [-0.2, -0.15) is 0 Å². The van der Waals surface area contributed by atoms with Crippen molar-refractivity contribution in [2.24, 2.45) is 5.92 Å². The van der Waals surface area contributed by atoms with E-state index in [-0.39, 0.29) is 17.5 Å². The fourth-order valence-corrected chi connectivity index (χ4v) is 2.17. The number of benzene rings is 1. The van der Waals surface area contributed by atoms with Crippen molar-refractivity contribution in [3.05, 3.63) is 28.8 Å². The molecule has 1 aliphatic heterocycles. The zero-order valence-corrected chi connectivity index (χ0v) is 9.63.